The number of hydrogen-bond donors (Lipinski definition) is 1. The first-order valence-electron chi connectivity index (χ1n) is 12.9. The van der Waals surface area contributed by atoms with Crippen LogP contribution in [0.4, 0.5) is 5.69 Å². The second kappa shape index (κ2) is 12.7. The van der Waals surface area contributed by atoms with Crippen molar-refractivity contribution in [2.24, 2.45) is 0 Å². The van der Waals surface area contributed by atoms with Gasteiger partial charge in [-0.05, 0) is 44.0 Å². The Hall–Kier alpha value is -2.69. The van der Waals surface area contributed by atoms with Crippen LogP contribution in [-0.4, -0.2) is 63.2 Å². The standard InChI is InChI=1S/C27H33Cl2N3O6S/c1-18(27(34)30-19-7-4-3-5-8-19)31(16-21-22(28)9-6-10-23(21)29)26(33)17-32(39(2,35)36)20-11-12-24-25(15-20)38-14-13-37-24/h6,9-12,15,18-19H,3-5,7-8,13-14,16-17H2,1-2H3,(H,30,34). The van der Waals surface area contributed by atoms with E-state index in [9.17, 15) is 18.0 Å². The van der Waals surface area contributed by atoms with Gasteiger partial charge in [0.15, 0.2) is 11.5 Å². The second-order valence-electron chi connectivity index (χ2n) is 9.84. The van der Waals surface area contributed by atoms with E-state index >= 15 is 0 Å². The number of anilines is 1. The van der Waals surface area contributed by atoms with E-state index in [1.165, 1.54) is 11.0 Å². The molecule has 0 aromatic heterocycles. The highest BCUT2D eigenvalue weighted by atomic mass is 35.5. The van der Waals surface area contributed by atoms with Gasteiger partial charge in [0.25, 0.3) is 0 Å². The number of carbonyl (C=O) groups is 2. The van der Waals surface area contributed by atoms with Crippen LogP contribution in [-0.2, 0) is 26.2 Å². The van der Waals surface area contributed by atoms with Crippen LogP contribution >= 0.6 is 23.2 Å². The van der Waals surface area contributed by atoms with E-state index in [2.05, 4.69) is 5.32 Å². The molecule has 1 unspecified atom stereocenters. The Morgan fingerprint density at radius 3 is 2.31 bits per heavy atom. The van der Waals surface area contributed by atoms with Crippen LogP contribution in [0.1, 0.15) is 44.6 Å². The second-order valence-corrected chi connectivity index (χ2v) is 12.6. The molecule has 4 rings (SSSR count). The zero-order chi connectivity index (χ0) is 28.2. The van der Waals surface area contributed by atoms with Gasteiger partial charge in [0, 0.05) is 34.3 Å². The molecule has 0 spiro atoms. The van der Waals surface area contributed by atoms with Gasteiger partial charge < -0.3 is 19.7 Å². The third-order valence-electron chi connectivity index (χ3n) is 7.00. The van der Waals surface area contributed by atoms with Gasteiger partial charge in [-0.15, -0.1) is 0 Å². The van der Waals surface area contributed by atoms with Crippen LogP contribution in [0.5, 0.6) is 11.5 Å². The number of fused-ring (bicyclic) bond motifs is 1. The quantitative estimate of drug-likeness (QED) is 0.459. The van der Waals surface area contributed by atoms with Crippen molar-refractivity contribution in [2.45, 2.75) is 57.7 Å². The van der Waals surface area contributed by atoms with E-state index < -0.39 is 28.5 Å². The molecule has 2 amide bonds. The summed E-state index contributed by atoms with van der Waals surface area (Å²) in [6, 6.07) is 8.80. The van der Waals surface area contributed by atoms with Crippen LogP contribution < -0.4 is 19.1 Å². The molecule has 39 heavy (non-hydrogen) atoms. The molecule has 1 atom stereocenters. The van der Waals surface area contributed by atoms with Crippen LogP contribution in [0.3, 0.4) is 0 Å². The largest absolute Gasteiger partial charge is 0.486 e. The number of nitrogens with zero attached hydrogens (tertiary/aromatic N) is 2. The summed E-state index contributed by atoms with van der Waals surface area (Å²) < 4.78 is 37.8. The van der Waals surface area contributed by atoms with Gasteiger partial charge in [-0.3, -0.25) is 13.9 Å². The van der Waals surface area contributed by atoms with Crippen LogP contribution in [0.25, 0.3) is 0 Å². The van der Waals surface area contributed by atoms with Gasteiger partial charge in [0.05, 0.1) is 11.9 Å². The maximum Gasteiger partial charge on any atom is 0.244 e. The molecule has 9 nitrogen and oxygen atoms in total. The minimum absolute atomic E-state index is 0.0415. The average Bonchev–Trinajstić information content (AvgIpc) is 2.90. The lowest BCUT2D eigenvalue weighted by Gasteiger charge is -2.33. The molecule has 1 heterocycles. The topological polar surface area (TPSA) is 105 Å². The van der Waals surface area contributed by atoms with Crippen molar-refractivity contribution in [2.75, 3.05) is 30.3 Å². The van der Waals surface area contributed by atoms with Gasteiger partial charge in [-0.1, -0.05) is 48.5 Å². The Morgan fingerprint density at radius 1 is 1.03 bits per heavy atom. The smallest absolute Gasteiger partial charge is 0.244 e. The monoisotopic (exact) mass is 597 g/mol. The normalized spacial score (nSPS) is 16.3. The van der Waals surface area contributed by atoms with Gasteiger partial charge >= 0.3 is 0 Å². The van der Waals surface area contributed by atoms with E-state index in [1.807, 2.05) is 0 Å². The van der Waals surface area contributed by atoms with E-state index in [1.54, 1.807) is 37.3 Å². The average molecular weight is 599 g/mol. The number of benzene rings is 2. The number of carbonyl (C=O) groups excluding carboxylic acids is 2. The van der Waals surface area contributed by atoms with E-state index in [0.29, 0.717) is 40.3 Å². The first-order valence-corrected chi connectivity index (χ1v) is 15.5. The van der Waals surface area contributed by atoms with Crippen molar-refractivity contribution in [3.05, 3.63) is 52.0 Å². The Balaban J connectivity index is 1.62. The van der Waals surface area contributed by atoms with Crippen LogP contribution in [0, 0.1) is 0 Å². The summed E-state index contributed by atoms with van der Waals surface area (Å²) in [5, 5.41) is 3.74. The molecule has 1 aliphatic heterocycles. The summed E-state index contributed by atoms with van der Waals surface area (Å²) >= 11 is 12.8. The highest BCUT2D eigenvalue weighted by Crippen LogP contribution is 2.35. The number of sulfonamides is 1. The van der Waals surface area contributed by atoms with Crippen molar-refractivity contribution >= 4 is 50.7 Å². The Morgan fingerprint density at radius 2 is 1.67 bits per heavy atom. The highest BCUT2D eigenvalue weighted by molar-refractivity contribution is 7.92. The summed E-state index contributed by atoms with van der Waals surface area (Å²) in [5.74, 6) is -0.0196. The molecular formula is C27H33Cl2N3O6S. The molecule has 0 saturated heterocycles. The molecule has 1 aliphatic carbocycles. The highest BCUT2D eigenvalue weighted by Gasteiger charge is 2.32. The van der Waals surface area contributed by atoms with Gasteiger partial charge in [0.1, 0.15) is 25.8 Å². The Kier molecular flexibility index (Phi) is 9.51. The fourth-order valence-corrected chi connectivity index (χ4v) is 6.16. The first-order chi connectivity index (χ1) is 18.5. The third-order valence-corrected chi connectivity index (χ3v) is 8.85. The molecule has 12 heteroatoms. The fourth-order valence-electron chi connectivity index (χ4n) is 4.81. The van der Waals surface area contributed by atoms with E-state index in [0.717, 1.165) is 42.7 Å². The summed E-state index contributed by atoms with van der Waals surface area (Å²) in [6.45, 7) is 1.72. The van der Waals surface area contributed by atoms with Crippen LogP contribution in [0.15, 0.2) is 36.4 Å². The zero-order valence-electron chi connectivity index (χ0n) is 22.0. The van der Waals surface area contributed by atoms with Crippen molar-refractivity contribution in [1.29, 1.82) is 0 Å². The maximum absolute atomic E-state index is 13.8. The molecule has 0 bridgehead atoms. The molecule has 0 radical (unpaired) electrons. The lowest BCUT2D eigenvalue weighted by atomic mass is 9.95. The molecule has 1 fully saturated rings. The summed E-state index contributed by atoms with van der Waals surface area (Å²) in [5.41, 5.74) is 0.710. The minimum Gasteiger partial charge on any atom is -0.486 e. The molecule has 212 valence electrons. The number of ether oxygens (including phenoxy) is 2. The fraction of sp³-hybridized carbons (Fsp3) is 0.481. The number of rotatable bonds is 9. The molecular weight excluding hydrogens is 565 g/mol. The van der Waals surface area contributed by atoms with Gasteiger partial charge in [-0.2, -0.15) is 0 Å². The molecule has 2 aliphatic rings. The van der Waals surface area contributed by atoms with E-state index in [-0.39, 0.29) is 24.2 Å². The number of hydrogen-bond acceptors (Lipinski definition) is 6. The third kappa shape index (κ3) is 7.29. The maximum atomic E-state index is 13.8. The first kappa shape index (κ1) is 29.3. The predicted molar refractivity (Wildman–Crippen MR) is 151 cm³/mol. The predicted octanol–water partition coefficient (Wildman–Crippen LogP) is 4.40. The van der Waals surface area contributed by atoms with E-state index in [4.69, 9.17) is 32.7 Å². The summed E-state index contributed by atoms with van der Waals surface area (Å²) in [7, 11) is -3.89. The molecule has 1 N–H and O–H groups in total. The van der Waals surface area contributed by atoms with Gasteiger partial charge in [0.2, 0.25) is 21.8 Å². The van der Waals surface area contributed by atoms with Crippen molar-refractivity contribution in [3.8, 4) is 11.5 Å². The van der Waals surface area contributed by atoms with Crippen LogP contribution in [0.2, 0.25) is 10.0 Å². The number of nitrogens with one attached hydrogen (secondary N) is 1. The number of amides is 2. The molecule has 1 saturated carbocycles. The Bertz CT molecular complexity index is 1300. The lowest BCUT2D eigenvalue weighted by molar-refractivity contribution is -0.139. The zero-order valence-corrected chi connectivity index (χ0v) is 24.3. The summed E-state index contributed by atoms with van der Waals surface area (Å²) in [4.78, 5) is 28.4. The van der Waals surface area contributed by atoms with Crippen molar-refractivity contribution in [1.82, 2.24) is 10.2 Å². The van der Waals surface area contributed by atoms with Gasteiger partial charge in [-0.25, -0.2) is 8.42 Å². The molecule has 2 aromatic carbocycles. The number of halogens is 2. The van der Waals surface area contributed by atoms with Crippen molar-refractivity contribution in [3.63, 3.8) is 0 Å². The van der Waals surface area contributed by atoms with Crippen molar-refractivity contribution < 1.29 is 27.5 Å². The summed E-state index contributed by atoms with van der Waals surface area (Å²) in [6.07, 6.45) is 6.00. The minimum atomic E-state index is -3.89. The Labute approximate surface area is 239 Å². The SMILES string of the molecule is CC(C(=O)NC1CCCCC1)N(Cc1c(Cl)cccc1Cl)C(=O)CN(c1ccc2c(c1)OCCO2)S(C)(=O)=O. The molecule has 2 aromatic rings. The lowest BCUT2D eigenvalue weighted by Crippen LogP contribution is -2.53.